The van der Waals surface area contributed by atoms with E-state index in [2.05, 4.69) is 27.9 Å². The minimum Gasteiger partial charge on any atom is -0.484 e. The maximum absolute atomic E-state index is 11.7. The average molecular weight is 361 g/mol. The molecule has 6 heteroatoms. The van der Waals surface area contributed by atoms with E-state index >= 15 is 0 Å². The molecule has 1 aromatic carbocycles. The van der Waals surface area contributed by atoms with E-state index in [0.29, 0.717) is 18.3 Å². The van der Waals surface area contributed by atoms with Gasteiger partial charge in [0.25, 0.3) is 5.91 Å². The molecule has 1 aromatic rings. The highest BCUT2D eigenvalue weighted by Gasteiger charge is 2.23. The summed E-state index contributed by atoms with van der Waals surface area (Å²) in [4.78, 5) is 15.9. The molecule has 0 spiro atoms. The van der Waals surface area contributed by atoms with Gasteiger partial charge in [0.05, 0.1) is 0 Å². The van der Waals surface area contributed by atoms with Crippen LogP contribution < -0.4 is 20.7 Å². The Hall–Kier alpha value is -2.24. The Labute approximate surface area is 156 Å². The Morgan fingerprint density at radius 2 is 2.08 bits per heavy atom. The lowest BCUT2D eigenvalue weighted by Gasteiger charge is -2.13. The van der Waals surface area contributed by atoms with Crippen LogP contribution in [0.1, 0.15) is 51.0 Å². The first kappa shape index (κ1) is 20.1. The Kier molecular flexibility index (Phi) is 8.79. The van der Waals surface area contributed by atoms with Gasteiger partial charge in [0.2, 0.25) is 0 Å². The summed E-state index contributed by atoms with van der Waals surface area (Å²) in [6.45, 7) is 3.86. The molecule has 26 heavy (non-hydrogen) atoms. The van der Waals surface area contributed by atoms with Crippen LogP contribution in [0.2, 0.25) is 0 Å². The second kappa shape index (κ2) is 11.4. The number of hydrogen-bond acceptors (Lipinski definition) is 3. The SMILES string of the molecule is CCCCCCNC(=NC)NCc1cccc(OCC(=O)NC2CC2)c1. The van der Waals surface area contributed by atoms with E-state index in [9.17, 15) is 4.79 Å². The van der Waals surface area contributed by atoms with Crippen LogP contribution in [0.3, 0.4) is 0 Å². The van der Waals surface area contributed by atoms with Gasteiger partial charge in [-0.1, -0.05) is 38.3 Å². The van der Waals surface area contributed by atoms with Gasteiger partial charge in [0.1, 0.15) is 5.75 Å². The highest BCUT2D eigenvalue weighted by Crippen LogP contribution is 2.18. The van der Waals surface area contributed by atoms with Crippen molar-refractivity contribution < 1.29 is 9.53 Å². The predicted molar refractivity (Wildman–Crippen MR) is 105 cm³/mol. The number of hydrogen-bond donors (Lipinski definition) is 3. The zero-order valence-corrected chi connectivity index (χ0v) is 16.0. The summed E-state index contributed by atoms with van der Waals surface area (Å²) >= 11 is 0. The molecule has 0 aromatic heterocycles. The minimum atomic E-state index is -0.0521. The van der Waals surface area contributed by atoms with Gasteiger partial charge in [-0.25, -0.2) is 0 Å². The van der Waals surface area contributed by atoms with Crippen molar-refractivity contribution in [2.24, 2.45) is 4.99 Å². The van der Waals surface area contributed by atoms with Gasteiger partial charge in [-0.2, -0.15) is 0 Å². The summed E-state index contributed by atoms with van der Waals surface area (Å²) in [6.07, 6.45) is 7.09. The molecule has 1 aliphatic rings. The molecule has 0 bridgehead atoms. The molecule has 6 nitrogen and oxygen atoms in total. The summed E-state index contributed by atoms with van der Waals surface area (Å²) in [7, 11) is 1.78. The average Bonchev–Trinajstić information content (AvgIpc) is 3.46. The number of ether oxygens (including phenoxy) is 1. The standard InChI is InChI=1S/C20H32N4O2/c1-3-4-5-6-12-22-20(21-2)23-14-16-8-7-9-18(13-16)26-15-19(25)24-17-10-11-17/h7-9,13,17H,3-6,10-12,14-15H2,1-2H3,(H,24,25)(H2,21,22,23). The molecular weight excluding hydrogens is 328 g/mol. The van der Waals surface area contributed by atoms with E-state index in [0.717, 1.165) is 37.3 Å². The lowest BCUT2D eigenvalue weighted by Crippen LogP contribution is -2.37. The van der Waals surface area contributed by atoms with Crippen molar-refractivity contribution in [3.63, 3.8) is 0 Å². The molecule has 0 unspecified atom stereocenters. The molecule has 1 saturated carbocycles. The predicted octanol–water partition coefficient (Wildman–Crippen LogP) is 2.59. The first-order valence-corrected chi connectivity index (χ1v) is 9.67. The number of aliphatic imine (C=N–C) groups is 1. The quantitative estimate of drug-likeness (QED) is 0.322. The van der Waals surface area contributed by atoms with E-state index < -0.39 is 0 Å². The number of unbranched alkanes of at least 4 members (excludes halogenated alkanes) is 3. The molecule has 0 saturated heterocycles. The van der Waals surface area contributed by atoms with E-state index in [1.54, 1.807) is 7.05 Å². The number of benzene rings is 1. The van der Waals surface area contributed by atoms with Crippen LogP contribution in [0, 0.1) is 0 Å². The monoisotopic (exact) mass is 360 g/mol. The minimum absolute atomic E-state index is 0.0521. The summed E-state index contributed by atoms with van der Waals surface area (Å²) in [5.74, 6) is 1.46. The summed E-state index contributed by atoms with van der Waals surface area (Å²) in [5, 5.41) is 9.56. The smallest absolute Gasteiger partial charge is 0.258 e. The number of nitrogens with zero attached hydrogens (tertiary/aromatic N) is 1. The third kappa shape index (κ3) is 8.23. The van der Waals surface area contributed by atoms with Crippen molar-refractivity contribution >= 4 is 11.9 Å². The van der Waals surface area contributed by atoms with Crippen LogP contribution in [0.15, 0.2) is 29.3 Å². The molecular formula is C20H32N4O2. The van der Waals surface area contributed by atoms with Gasteiger partial charge in [0, 0.05) is 26.2 Å². The fraction of sp³-hybridized carbons (Fsp3) is 0.600. The topological polar surface area (TPSA) is 74.8 Å². The maximum atomic E-state index is 11.7. The van der Waals surface area contributed by atoms with Gasteiger partial charge < -0.3 is 20.7 Å². The number of carbonyl (C=O) groups is 1. The summed E-state index contributed by atoms with van der Waals surface area (Å²) < 4.78 is 5.59. The summed E-state index contributed by atoms with van der Waals surface area (Å²) in [6, 6.07) is 8.15. The highest BCUT2D eigenvalue weighted by atomic mass is 16.5. The Bertz CT molecular complexity index is 585. The highest BCUT2D eigenvalue weighted by molar-refractivity contribution is 5.79. The molecule has 1 amide bonds. The molecule has 2 rings (SSSR count). The van der Waals surface area contributed by atoms with E-state index in [1.165, 1.54) is 19.3 Å². The number of carbonyl (C=O) groups excluding carboxylic acids is 1. The van der Waals surface area contributed by atoms with Crippen LogP contribution in [0.5, 0.6) is 5.75 Å². The van der Waals surface area contributed by atoms with Crippen molar-refractivity contribution in [1.29, 1.82) is 0 Å². The first-order chi connectivity index (χ1) is 12.7. The molecule has 0 radical (unpaired) electrons. The van der Waals surface area contributed by atoms with Crippen LogP contribution in [-0.2, 0) is 11.3 Å². The Balaban J connectivity index is 1.69. The van der Waals surface area contributed by atoms with E-state index in [1.807, 2.05) is 24.3 Å². The number of amides is 1. The molecule has 3 N–H and O–H groups in total. The van der Waals surface area contributed by atoms with E-state index in [4.69, 9.17) is 4.74 Å². The van der Waals surface area contributed by atoms with E-state index in [-0.39, 0.29) is 12.5 Å². The van der Waals surface area contributed by atoms with Crippen LogP contribution in [0.4, 0.5) is 0 Å². The van der Waals surface area contributed by atoms with Crippen molar-refractivity contribution in [3.05, 3.63) is 29.8 Å². The molecule has 144 valence electrons. The second-order valence-electron chi connectivity index (χ2n) is 6.69. The molecule has 0 heterocycles. The number of nitrogens with one attached hydrogen (secondary N) is 3. The third-order valence-corrected chi connectivity index (χ3v) is 4.22. The van der Waals surface area contributed by atoms with Gasteiger partial charge in [-0.05, 0) is 37.0 Å². The fourth-order valence-corrected chi connectivity index (χ4v) is 2.56. The van der Waals surface area contributed by atoms with Gasteiger partial charge in [-0.15, -0.1) is 0 Å². The first-order valence-electron chi connectivity index (χ1n) is 9.67. The molecule has 1 aliphatic carbocycles. The molecule has 1 fully saturated rings. The number of rotatable bonds is 11. The Morgan fingerprint density at radius 1 is 1.23 bits per heavy atom. The molecule has 0 aliphatic heterocycles. The van der Waals surface area contributed by atoms with Crippen molar-refractivity contribution in [2.75, 3.05) is 20.2 Å². The zero-order chi connectivity index (χ0) is 18.6. The van der Waals surface area contributed by atoms with Crippen molar-refractivity contribution in [3.8, 4) is 5.75 Å². The van der Waals surface area contributed by atoms with Crippen molar-refractivity contribution in [1.82, 2.24) is 16.0 Å². The van der Waals surface area contributed by atoms with Gasteiger partial charge in [0.15, 0.2) is 12.6 Å². The van der Waals surface area contributed by atoms with Gasteiger partial charge in [-0.3, -0.25) is 9.79 Å². The zero-order valence-electron chi connectivity index (χ0n) is 16.0. The van der Waals surface area contributed by atoms with Crippen LogP contribution in [0.25, 0.3) is 0 Å². The maximum Gasteiger partial charge on any atom is 0.258 e. The van der Waals surface area contributed by atoms with Crippen LogP contribution in [-0.4, -0.2) is 38.1 Å². The fourth-order valence-electron chi connectivity index (χ4n) is 2.56. The normalized spacial score (nSPS) is 14.0. The Morgan fingerprint density at radius 3 is 2.81 bits per heavy atom. The van der Waals surface area contributed by atoms with Crippen molar-refractivity contribution in [2.45, 2.75) is 58.0 Å². The lowest BCUT2D eigenvalue weighted by molar-refractivity contribution is -0.123. The lowest BCUT2D eigenvalue weighted by atomic mass is 10.2. The third-order valence-electron chi connectivity index (χ3n) is 4.22. The summed E-state index contributed by atoms with van der Waals surface area (Å²) in [5.41, 5.74) is 1.08. The molecule has 0 atom stereocenters. The largest absolute Gasteiger partial charge is 0.484 e. The second-order valence-corrected chi connectivity index (χ2v) is 6.69. The number of guanidine groups is 1. The van der Waals surface area contributed by atoms with Crippen LogP contribution >= 0.6 is 0 Å². The van der Waals surface area contributed by atoms with Gasteiger partial charge >= 0.3 is 0 Å².